The highest BCUT2D eigenvalue weighted by Gasteiger charge is 2.26. The van der Waals surface area contributed by atoms with Crippen LogP contribution in [0.3, 0.4) is 0 Å². The van der Waals surface area contributed by atoms with Crippen LogP contribution in [0.25, 0.3) is 0 Å². The molecule has 1 rings (SSSR count). The smallest absolute Gasteiger partial charge is 0.0652 e. The molecule has 2 N–H and O–H groups in total. The van der Waals surface area contributed by atoms with Gasteiger partial charge in [-0.15, -0.1) is 6.58 Å². The molecule has 0 radical (unpaired) electrons. The zero-order valence-electron chi connectivity index (χ0n) is 8.15. The molecular formula is C11H20O2. The van der Waals surface area contributed by atoms with E-state index >= 15 is 0 Å². The average Bonchev–Trinajstić information content (AvgIpc) is 2.21. The highest BCUT2D eigenvalue weighted by Crippen LogP contribution is 2.29. The summed E-state index contributed by atoms with van der Waals surface area (Å²) in [5.74, 6) is 0.243. The van der Waals surface area contributed by atoms with E-state index in [9.17, 15) is 5.11 Å². The van der Waals surface area contributed by atoms with E-state index in [2.05, 4.69) is 6.58 Å². The van der Waals surface area contributed by atoms with Crippen LogP contribution in [-0.2, 0) is 0 Å². The molecule has 1 fully saturated rings. The molecule has 1 aliphatic rings. The molecule has 2 nitrogen and oxygen atoms in total. The summed E-state index contributed by atoms with van der Waals surface area (Å²) in [6.45, 7) is 3.64. The van der Waals surface area contributed by atoms with Gasteiger partial charge in [-0.1, -0.05) is 25.3 Å². The summed E-state index contributed by atoms with van der Waals surface area (Å²) in [6.07, 6.45) is 7.22. The fourth-order valence-corrected chi connectivity index (χ4v) is 2.15. The number of hydrogen-bond acceptors (Lipinski definition) is 2. The van der Waals surface area contributed by atoms with Crippen LogP contribution in [0, 0.1) is 11.8 Å². The standard InChI is InChI=1S/C11H20O2/c1-2-9(8-12)11(13)10-6-4-3-5-7-10/h2,9-13H,1,3-8H2/t9-,11?/m0/s1. The summed E-state index contributed by atoms with van der Waals surface area (Å²) < 4.78 is 0. The summed E-state index contributed by atoms with van der Waals surface area (Å²) in [6, 6.07) is 0. The monoisotopic (exact) mass is 184 g/mol. The third kappa shape index (κ3) is 2.82. The lowest BCUT2D eigenvalue weighted by Crippen LogP contribution is -2.31. The first-order valence-corrected chi connectivity index (χ1v) is 5.21. The SMILES string of the molecule is C=C[C@@H](CO)C(O)C1CCCCC1. The van der Waals surface area contributed by atoms with Gasteiger partial charge in [0.15, 0.2) is 0 Å². The molecule has 76 valence electrons. The summed E-state index contributed by atoms with van der Waals surface area (Å²) in [5.41, 5.74) is 0. The van der Waals surface area contributed by atoms with E-state index in [0.29, 0.717) is 5.92 Å². The van der Waals surface area contributed by atoms with E-state index in [-0.39, 0.29) is 18.6 Å². The molecule has 0 spiro atoms. The molecule has 0 aromatic heterocycles. The Morgan fingerprint density at radius 3 is 2.38 bits per heavy atom. The molecule has 1 saturated carbocycles. The maximum Gasteiger partial charge on any atom is 0.0652 e. The zero-order valence-corrected chi connectivity index (χ0v) is 8.15. The van der Waals surface area contributed by atoms with Gasteiger partial charge in [0, 0.05) is 5.92 Å². The van der Waals surface area contributed by atoms with E-state index in [1.807, 2.05) is 0 Å². The van der Waals surface area contributed by atoms with Gasteiger partial charge in [-0.25, -0.2) is 0 Å². The molecule has 2 atom stereocenters. The number of hydrogen-bond donors (Lipinski definition) is 2. The fraction of sp³-hybridized carbons (Fsp3) is 0.818. The molecular weight excluding hydrogens is 164 g/mol. The lowest BCUT2D eigenvalue weighted by atomic mass is 9.80. The van der Waals surface area contributed by atoms with E-state index in [0.717, 1.165) is 12.8 Å². The molecule has 0 amide bonds. The topological polar surface area (TPSA) is 40.5 Å². The molecule has 0 aliphatic heterocycles. The molecule has 1 aliphatic carbocycles. The van der Waals surface area contributed by atoms with Crippen molar-refractivity contribution >= 4 is 0 Å². The molecule has 0 aromatic rings. The minimum absolute atomic E-state index is 0.0150. The quantitative estimate of drug-likeness (QED) is 0.653. The third-order valence-electron chi connectivity index (χ3n) is 3.09. The maximum absolute atomic E-state index is 9.90. The van der Waals surface area contributed by atoms with Crippen molar-refractivity contribution in [1.29, 1.82) is 0 Å². The van der Waals surface area contributed by atoms with Gasteiger partial charge in [-0.3, -0.25) is 0 Å². The van der Waals surface area contributed by atoms with Crippen molar-refractivity contribution in [2.24, 2.45) is 11.8 Å². The molecule has 0 saturated heterocycles. The van der Waals surface area contributed by atoms with Crippen molar-refractivity contribution in [3.63, 3.8) is 0 Å². The van der Waals surface area contributed by atoms with Crippen LogP contribution in [-0.4, -0.2) is 22.9 Å². The van der Waals surface area contributed by atoms with Gasteiger partial charge in [0.2, 0.25) is 0 Å². The number of aliphatic hydroxyl groups excluding tert-OH is 2. The minimum Gasteiger partial charge on any atom is -0.396 e. The van der Waals surface area contributed by atoms with Gasteiger partial charge >= 0.3 is 0 Å². The van der Waals surface area contributed by atoms with Crippen molar-refractivity contribution in [3.05, 3.63) is 12.7 Å². The van der Waals surface area contributed by atoms with E-state index < -0.39 is 0 Å². The van der Waals surface area contributed by atoms with Crippen LogP contribution in [0.1, 0.15) is 32.1 Å². The third-order valence-corrected chi connectivity index (χ3v) is 3.09. The molecule has 0 heterocycles. The minimum atomic E-state index is -0.386. The van der Waals surface area contributed by atoms with Crippen molar-refractivity contribution in [2.45, 2.75) is 38.2 Å². The summed E-state index contributed by atoms with van der Waals surface area (Å²) in [5, 5.41) is 18.9. The molecule has 1 unspecified atom stereocenters. The highest BCUT2D eigenvalue weighted by atomic mass is 16.3. The van der Waals surface area contributed by atoms with Gasteiger partial charge in [0.25, 0.3) is 0 Å². The molecule has 0 aromatic carbocycles. The normalized spacial score (nSPS) is 23.8. The van der Waals surface area contributed by atoms with Crippen LogP contribution < -0.4 is 0 Å². The first-order chi connectivity index (χ1) is 6.29. The summed E-state index contributed by atoms with van der Waals surface area (Å²) in [7, 11) is 0. The number of aliphatic hydroxyl groups is 2. The largest absolute Gasteiger partial charge is 0.396 e. The van der Waals surface area contributed by atoms with Gasteiger partial charge in [0.1, 0.15) is 0 Å². The highest BCUT2D eigenvalue weighted by molar-refractivity contribution is 4.88. The van der Waals surface area contributed by atoms with E-state index in [1.54, 1.807) is 6.08 Å². The Balaban J connectivity index is 2.43. The summed E-state index contributed by atoms with van der Waals surface area (Å²) in [4.78, 5) is 0. The predicted molar refractivity (Wildman–Crippen MR) is 53.4 cm³/mol. The van der Waals surface area contributed by atoms with Crippen LogP contribution in [0.15, 0.2) is 12.7 Å². The second kappa shape index (κ2) is 5.40. The van der Waals surface area contributed by atoms with Crippen molar-refractivity contribution in [1.82, 2.24) is 0 Å². The van der Waals surface area contributed by atoms with E-state index in [1.165, 1.54) is 19.3 Å². The Morgan fingerprint density at radius 1 is 1.31 bits per heavy atom. The van der Waals surface area contributed by atoms with Crippen molar-refractivity contribution in [3.8, 4) is 0 Å². The average molecular weight is 184 g/mol. The lowest BCUT2D eigenvalue weighted by Gasteiger charge is -2.29. The first kappa shape index (κ1) is 10.7. The Kier molecular flexibility index (Phi) is 4.46. The number of rotatable bonds is 4. The second-order valence-corrected chi connectivity index (χ2v) is 3.97. The van der Waals surface area contributed by atoms with Crippen LogP contribution in [0.4, 0.5) is 0 Å². The lowest BCUT2D eigenvalue weighted by molar-refractivity contribution is 0.0286. The van der Waals surface area contributed by atoms with Crippen LogP contribution >= 0.6 is 0 Å². The Morgan fingerprint density at radius 2 is 1.92 bits per heavy atom. The summed E-state index contributed by atoms with van der Waals surface area (Å²) >= 11 is 0. The zero-order chi connectivity index (χ0) is 9.68. The van der Waals surface area contributed by atoms with Crippen LogP contribution in [0.2, 0.25) is 0 Å². The van der Waals surface area contributed by atoms with Gasteiger partial charge < -0.3 is 10.2 Å². The van der Waals surface area contributed by atoms with Gasteiger partial charge in [-0.2, -0.15) is 0 Å². The Labute approximate surface area is 80.3 Å². The molecule has 13 heavy (non-hydrogen) atoms. The van der Waals surface area contributed by atoms with E-state index in [4.69, 9.17) is 5.11 Å². The van der Waals surface area contributed by atoms with Gasteiger partial charge in [-0.05, 0) is 18.8 Å². The molecule has 0 bridgehead atoms. The maximum atomic E-state index is 9.90. The fourth-order valence-electron chi connectivity index (χ4n) is 2.15. The predicted octanol–water partition coefficient (Wildman–Crippen LogP) is 1.72. The molecule has 2 heteroatoms. The van der Waals surface area contributed by atoms with Gasteiger partial charge in [0.05, 0.1) is 12.7 Å². The van der Waals surface area contributed by atoms with Crippen LogP contribution in [0.5, 0.6) is 0 Å². The van der Waals surface area contributed by atoms with Crippen molar-refractivity contribution < 1.29 is 10.2 Å². The Bertz CT molecular complexity index is 150. The second-order valence-electron chi connectivity index (χ2n) is 3.97. The Hall–Kier alpha value is -0.340. The first-order valence-electron chi connectivity index (χ1n) is 5.21. The van der Waals surface area contributed by atoms with Crippen molar-refractivity contribution in [2.75, 3.05) is 6.61 Å².